The van der Waals surface area contributed by atoms with Crippen LogP contribution in [0.3, 0.4) is 0 Å². The van der Waals surface area contributed by atoms with Crippen LogP contribution in [0.15, 0.2) is 17.0 Å². The fourth-order valence-corrected chi connectivity index (χ4v) is 2.79. The van der Waals surface area contributed by atoms with Crippen LogP contribution in [-0.4, -0.2) is 20.9 Å². The van der Waals surface area contributed by atoms with Gasteiger partial charge in [0.2, 0.25) is 10.0 Å². The highest BCUT2D eigenvalue weighted by Gasteiger charge is 2.22. The van der Waals surface area contributed by atoms with Gasteiger partial charge < -0.3 is 5.32 Å². The molecule has 1 aromatic carbocycles. The fraction of sp³-hybridized carbons (Fsp3) is 0.462. The fourth-order valence-electron chi connectivity index (χ4n) is 1.98. The molecule has 0 bridgehead atoms. The van der Waals surface area contributed by atoms with Crippen LogP contribution in [0.2, 0.25) is 0 Å². The summed E-state index contributed by atoms with van der Waals surface area (Å²) < 4.78 is 36.4. The quantitative estimate of drug-likeness (QED) is 0.859. The number of primary sulfonamides is 1. The Morgan fingerprint density at radius 1 is 1.45 bits per heavy atom. The molecule has 0 saturated heterocycles. The van der Waals surface area contributed by atoms with Gasteiger partial charge in [-0.1, -0.05) is 12.8 Å². The van der Waals surface area contributed by atoms with Crippen molar-refractivity contribution in [2.75, 3.05) is 6.54 Å². The zero-order chi connectivity index (χ0) is 14.9. The molecular formula is C13H17FN2O3S. The van der Waals surface area contributed by atoms with Crippen LogP contribution in [-0.2, 0) is 10.0 Å². The summed E-state index contributed by atoms with van der Waals surface area (Å²) in [4.78, 5) is 11.5. The van der Waals surface area contributed by atoms with Crippen LogP contribution >= 0.6 is 0 Å². The van der Waals surface area contributed by atoms with Gasteiger partial charge in [0.15, 0.2) is 0 Å². The van der Waals surface area contributed by atoms with Gasteiger partial charge in [-0.15, -0.1) is 0 Å². The second-order valence-electron chi connectivity index (χ2n) is 5.11. The number of carbonyl (C=O) groups is 1. The number of carbonyl (C=O) groups excluding carboxylic acids is 1. The van der Waals surface area contributed by atoms with Gasteiger partial charge in [0.25, 0.3) is 5.91 Å². The zero-order valence-corrected chi connectivity index (χ0v) is 12.0. The first-order valence-corrected chi connectivity index (χ1v) is 7.95. The SMILES string of the molecule is Cc1c(F)cc(C(=O)NCCC2CC2)cc1S(N)(=O)=O. The Bertz CT molecular complexity index is 639. The maximum absolute atomic E-state index is 13.7. The smallest absolute Gasteiger partial charge is 0.251 e. The zero-order valence-electron chi connectivity index (χ0n) is 11.1. The summed E-state index contributed by atoms with van der Waals surface area (Å²) in [6, 6.07) is 2.14. The summed E-state index contributed by atoms with van der Waals surface area (Å²) in [7, 11) is -4.06. The van der Waals surface area contributed by atoms with Gasteiger partial charge in [-0.25, -0.2) is 17.9 Å². The third kappa shape index (κ3) is 3.55. The molecule has 1 aromatic rings. The first-order valence-electron chi connectivity index (χ1n) is 6.40. The van der Waals surface area contributed by atoms with Gasteiger partial charge >= 0.3 is 0 Å². The highest BCUT2D eigenvalue weighted by atomic mass is 32.2. The van der Waals surface area contributed by atoms with E-state index in [1.165, 1.54) is 19.8 Å². The van der Waals surface area contributed by atoms with E-state index < -0.39 is 21.7 Å². The molecule has 3 N–H and O–H groups in total. The minimum atomic E-state index is -4.06. The van der Waals surface area contributed by atoms with Crippen molar-refractivity contribution in [3.63, 3.8) is 0 Å². The number of hydrogen-bond acceptors (Lipinski definition) is 3. The average molecular weight is 300 g/mol. The molecule has 0 atom stereocenters. The van der Waals surface area contributed by atoms with Crippen LogP contribution in [0.1, 0.15) is 35.2 Å². The van der Waals surface area contributed by atoms with E-state index in [2.05, 4.69) is 5.32 Å². The predicted molar refractivity (Wildman–Crippen MR) is 72.2 cm³/mol. The molecule has 110 valence electrons. The lowest BCUT2D eigenvalue weighted by atomic mass is 10.1. The molecule has 1 aliphatic carbocycles. The van der Waals surface area contributed by atoms with Gasteiger partial charge in [0.1, 0.15) is 5.82 Å². The van der Waals surface area contributed by atoms with Gasteiger partial charge in [-0.05, 0) is 31.4 Å². The normalized spacial score (nSPS) is 15.2. The second kappa shape index (κ2) is 5.49. The van der Waals surface area contributed by atoms with E-state index in [4.69, 9.17) is 5.14 Å². The minimum absolute atomic E-state index is 0.0343. The van der Waals surface area contributed by atoms with Crippen molar-refractivity contribution in [1.29, 1.82) is 0 Å². The van der Waals surface area contributed by atoms with Crippen LogP contribution in [0.5, 0.6) is 0 Å². The van der Waals surface area contributed by atoms with Crippen LogP contribution in [0, 0.1) is 18.7 Å². The molecule has 0 radical (unpaired) electrons. The van der Waals surface area contributed by atoms with E-state index >= 15 is 0 Å². The summed E-state index contributed by atoms with van der Waals surface area (Å²) in [5.74, 6) is -0.580. The van der Waals surface area contributed by atoms with Gasteiger partial charge in [0.05, 0.1) is 4.90 Å². The van der Waals surface area contributed by atoms with Crippen molar-refractivity contribution in [1.82, 2.24) is 5.32 Å². The van der Waals surface area contributed by atoms with E-state index in [0.29, 0.717) is 12.5 Å². The predicted octanol–water partition coefficient (Wildman–Crippen LogP) is 1.31. The minimum Gasteiger partial charge on any atom is -0.352 e. The van der Waals surface area contributed by atoms with Crippen LogP contribution in [0.25, 0.3) is 0 Å². The summed E-state index contributed by atoms with van der Waals surface area (Å²) >= 11 is 0. The summed E-state index contributed by atoms with van der Waals surface area (Å²) in [5, 5.41) is 7.67. The van der Waals surface area contributed by atoms with E-state index in [0.717, 1.165) is 18.6 Å². The summed E-state index contributed by atoms with van der Waals surface area (Å²) in [6.45, 7) is 1.81. The van der Waals surface area contributed by atoms with Crippen molar-refractivity contribution >= 4 is 15.9 Å². The Labute approximate surface area is 117 Å². The molecule has 0 heterocycles. The maximum Gasteiger partial charge on any atom is 0.251 e. The molecule has 0 spiro atoms. The third-order valence-corrected chi connectivity index (χ3v) is 4.44. The Kier molecular flexibility index (Phi) is 4.10. The molecule has 1 saturated carbocycles. The topological polar surface area (TPSA) is 89.3 Å². The van der Waals surface area contributed by atoms with Crippen molar-refractivity contribution in [2.45, 2.75) is 31.1 Å². The van der Waals surface area contributed by atoms with E-state index in [-0.39, 0.29) is 16.0 Å². The molecule has 1 fully saturated rings. The van der Waals surface area contributed by atoms with Crippen LogP contribution in [0.4, 0.5) is 4.39 Å². The number of benzene rings is 1. The highest BCUT2D eigenvalue weighted by Crippen LogP contribution is 2.31. The number of rotatable bonds is 5. The lowest BCUT2D eigenvalue weighted by molar-refractivity contribution is 0.0952. The molecule has 0 aromatic heterocycles. The molecule has 5 nitrogen and oxygen atoms in total. The molecule has 2 rings (SSSR count). The Hall–Kier alpha value is -1.47. The Morgan fingerprint density at radius 2 is 2.10 bits per heavy atom. The highest BCUT2D eigenvalue weighted by molar-refractivity contribution is 7.89. The Morgan fingerprint density at radius 3 is 2.65 bits per heavy atom. The lowest BCUT2D eigenvalue weighted by Crippen LogP contribution is -2.25. The van der Waals surface area contributed by atoms with Crippen LogP contribution < -0.4 is 10.5 Å². The Balaban J connectivity index is 2.18. The molecule has 1 aliphatic rings. The number of nitrogens with two attached hydrogens (primary N) is 1. The van der Waals surface area contributed by atoms with E-state index in [9.17, 15) is 17.6 Å². The first-order chi connectivity index (χ1) is 9.29. The third-order valence-electron chi connectivity index (χ3n) is 3.40. The number of nitrogens with one attached hydrogen (secondary N) is 1. The monoisotopic (exact) mass is 300 g/mol. The standard InChI is InChI=1S/C13H17FN2O3S/c1-8-11(14)6-10(7-12(8)20(15,18)19)13(17)16-5-4-9-2-3-9/h6-7,9H,2-5H2,1H3,(H,16,17)(H2,15,18,19). The largest absolute Gasteiger partial charge is 0.352 e. The number of hydrogen-bond donors (Lipinski definition) is 2. The van der Waals surface area contributed by atoms with E-state index in [1.807, 2.05) is 0 Å². The number of sulfonamides is 1. The van der Waals surface area contributed by atoms with Crippen molar-refractivity contribution in [2.24, 2.45) is 11.1 Å². The maximum atomic E-state index is 13.7. The van der Waals surface area contributed by atoms with Gasteiger partial charge in [-0.3, -0.25) is 4.79 Å². The lowest BCUT2D eigenvalue weighted by Gasteiger charge is -2.09. The van der Waals surface area contributed by atoms with Gasteiger partial charge in [-0.2, -0.15) is 0 Å². The van der Waals surface area contributed by atoms with E-state index in [1.54, 1.807) is 0 Å². The summed E-state index contributed by atoms with van der Waals surface area (Å²) in [6.07, 6.45) is 3.26. The van der Waals surface area contributed by atoms with Crippen molar-refractivity contribution in [3.05, 3.63) is 29.1 Å². The molecule has 0 aliphatic heterocycles. The van der Waals surface area contributed by atoms with Crippen molar-refractivity contribution in [3.8, 4) is 0 Å². The molecular weight excluding hydrogens is 283 g/mol. The second-order valence-corrected chi connectivity index (χ2v) is 6.64. The summed E-state index contributed by atoms with van der Waals surface area (Å²) in [5.41, 5.74) is -0.116. The molecule has 1 amide bonds. The number of amides is 1. The van der Waals surface area contributed by atoms with Gasteiger partial charge in [0, 0.05) is 17.7 Å². The first kappa shape index (κ1) is 14.9. The molecule has 20 heavy (non-hydrogen) atoms. The molecule has 7 heteroatoms. The number of halogens is 1. The van der Waals surface area contributed by atoms with Crippen molar-refractivity contribution < 1.29 is 17.6 Å². The molecule has 0 unspecified atom stereocenters. The average Bonchev–Trinajstić information content (AvgIpc) is 3.14.